The number of hydrogen-bond acceptors (Lipinski definition) is 6. The summed E-state index contributed by atoms with van der Waals surface area (Å²) in [5.74, 6) is -0.817. The first-order valence-corrected chi connectivity index (χ1v) is 11.0. The molecule has 1 heterocycles. The molecule has 2 aromatic carbocycles. The van der Waals surface area contributed by atoms with Crippen molar-refractivity contribution in [3.05, 3.63) is 88.6 Å². The van der Waals surface area contributed by atoms with Gasteiger partial charge >= 0.3 is 16.3 Å². The monoisotopic (exact) mass is 497 g/mol. The smallest absolute Gasteiger partial charge is 0.357 e. The minimum Gasteiger partial charge on any atom is -0.357 e. The van der Waals surface area contributed by atoms with Gasteiger partial charge in [-0.05, 0) is 54.1 Å². The molecule has 1 N–H and O–H groups in total. The molecule has 3 rings (SSSR count). The lowest BCUT2D eigenvalue weighted by molar-refractivity contribution is -0.137. The Hall–Kier alpha value is -3.44. The van der Waals surface area contributed by atoms with E-state index in [4.69, 9.17) is 15.8 Å². The Kier molecular flexibility index (Phi) is 7.34. The van der Waals surface area contributed by atoms with Gasteiger partial charge in [0.1, 0.15) is 4.90 Å². The maximum Gasteiger partial charge on any atom is 0.416 e. The van der Waals surface area contributed by atoms with Crippen molar-refractivity contribution in [2.75, 3.05) is 0 Å². The molecule has 33 heavy (non-hydrogen) atoms. The van der Waals surface area contributed by atoms with Crippen LogP contribution in [0.25, 0.3) is 0 Å². The van der Waals surface area contributed by atoms with Crippen LogP contribution in [0.4, 0.5) is 13.2 Å². The second-order valence-corrected chi connectivity index (χ2v) is 8.54. The first-order valence-electron chi connectivity index (χ1n) is 9.18. The fourth-order valence-corrected chi connectivity index (χ4v) is 3.71. The third kappa shape index (κ3) is 6.77. The number of benzene rings is 2. The average Bonchev–Trinajstić information content (AvgIpc) is 2.74. The second-order valence-electron chi connectivity index (χ2n) is 6.56. The van der Waals surface area contributed by atoms with Crippen LogP contribution in [0.2, 0.25) is 5.02 Å². The van der Waals surface area contributed by atoms with Crippen LogP contribution < -0.4 is 9.61 Å². The Morgan fingerprint density at radius 3 is 2.52 bits per heavy atom. The number of hydrazone groups is 1. The summed E-state index contributed by atoms with van der Waals surface area (Å²) in [5.41, 5.74) is 2.07. The van der Waals surface area contributed by atoms with E-state index < -0.39 is 32.7 Å². The number of nitrogens with one attached hydrogen (secondary N) is 1. The van der Waals surface area contributed by atoms with E-state index in [-0.39, 0.29) is 17.9 Å². The fraction of sp³-hybridized carbons (Fsp3) is 0.0952. The first-order chi connectivity index (χ1) is 15.5. The van der Waals surface area contributed by atoms with Gasteiger partial charge < -0.3 is 4.18 Å². The SMILES string of the molecule is O=C(Cc1cccc(Cl)c1)NN=Cc1cccnc1OS(=O)(=O)c1ccc(C(F)(F)F)cc1. The average molecular weight is 498 g/mol. The summed E-state index contributed by atoms with van der Waals surface area (Å²) < 4.78 is 68.0. The van der Waals surface area contributed by atoms with Gasteiger partial charge in [0, 0.05) is 11.2 Å². The molecule has 0 aliphatic heterocycles. The molecular weight excluding hydrogens is 483 g/mol. The van der Waals surface area contributed by atoms with Gasteiger partial charge in [-0.25, -0.2) is 10.4 Å². The van der Waals surface area contributed by atoms with Crippen molar-refractivity contribution < 1.29 is 30.6 Å². The minimum absolute atomic E-state index is 0.0105. The number of rotatable bonds is 7. The second kappa shape index (κ2) is 10.0. The van der Waals surface area contributed by atoms with E-state index in [2.05, 4.69) is 15.5 Å². The number of halogens is 4. The fourth-order valence-electron chi connectivity index (χ4n) is 2.58. The van der Waals surface area contributed by atoms with Crippen LogP contribution in [0.3, 0.4) is 0 Å². The van der Waals surface area contributed by atoms with Crippen molar-refractivity contribution in [3.63, 3.8) is 0 Å². The third-order valence-corrected chi connectivity index (χ3v) is 5.57. The lowest BCUT2D eigenvalue weighted by Gasteiger charge is -2.10. The summed E-state index contributed by atoms with van der Waals surface area (Å²) in [6, 6.07) is 12.4. The molecule has 0 aliphatic carbocycles. The van der Waals surface area contributed by atoms with Crippen LogP contribution in [0.5, 0.6) is 5.88 Å². The van der Waals surface area contributed by atoms with Crippen molar-refractivity contribution >= 4 is 33.8 Å². The van der Waals surface area contributed by atoms with Gasteiger partial charge in [0.25, 0.3) is 0 Å². The van der Waals surface area contributed by atoms with Gasteiger partial charge in [-0.15, -0.1) is 0 Å². The largest absolute Gasteiger partial charge is 0.416 e. The van der Waals surface area contributed by atoms with E-state index in [0.29, 0.717) is 22.7 Å². The molecular formula is C21H15ClF3N3O4S. The molecule has 0 saturated carbocycles. The maximum absolute atomic E-state index is 12.7. The number of pyridine rings is 1. The Morgan fingerprint density at radius 2 is 1.85 bits per heavy atom. The van der Waals surface area contributed by atoms with Crippen LogP contribution in [-0.4, -0.2) is 25.5 Å². The molecule has 3 aromatic rings. The van der Waals surface area contributed by atoms with E-state index in [9.17, 15) is 26.4 Å². The lowest BCUT2D eigenvalue weighted by Crippen LogP contribution is -2.20. The van der Waals surface area contributed by atoms with Crippen molar-refractivity contribution in [2.45, 2.75) is 17.5 Å². The highest BCUT2D eigenvalue weighted by molar-refractivity contribution is 7.87. The molecule has 12 heteroatoms. The number of hydrogen-bond donors (Lipinski definition) is 1. The standard InChI is InChI=1S/C21H15ClF3N3O4S/c22-17-5-1-3-14(11-17)12-19(29)28-27-13-15-4-2-10-26-20(15)32-33(30,31)18-8-6-16(7-9-18)21(23,24)25/h1-11,13H,12H2,(H,28,29). The summed E-state index contributed by atoms with van der Waals surface area (Å²) in [6.07, 6.45) is -2.21. The molecule has 0 saturated heterocycles. The summed E-state index contributed by atoms with van der Waals surface area (Å²) >= 11 is 5.87. The Bertz CT molecular complexity index is 1280. The highest BCUT2D eigenvalue weighted by Gasteiger charge is 2.31. The minimum atomic E-state index is -4.61. The Balaban J connectivity index is 1.70. The van der Waals surface area contributed by atoms with Crippen molar-refractivity contribution in [1.29, 1.82) is 0 Å². The van der Waals surface area contributed by atoms with Crippen LogP contribution in [0.15, 0.2) is 76.9 Å². The summed E-state index contributed by atoms with van der Waals surface area (Å²) in [5, 5.41) is 4.25. The number of carbonyl (C=O) groups excluding carboxylic acids is 1. The zero-order valence-corrected chi connectivity index (χ0v) is 18.2. The lowest BCUT2D eigenvalue weighted by atomic mass is 10.1. The molecule has 0 radical (unpaired) electrons. The number of amides is 1. The Labute approximate surface area is 192 Å². The number of nitrogens with zero attached hydrogens (tertiary/aromatic N) is 2. The summed E-state index contributed by atoms with van der Waals surface area (Å²) in [6.45, 7) is 0. The molecule has 172 valence electrons. The van der Waals surface area contributed by atoms with E-state index in [1.54, 1.807) is 24.3 Å². The number of aromatic nitrogens is 1. The normalized spacial score (nSPS) is 12.0. The van der Waals surface area contributed by atoms with E-state index in [1.807, 2.05) is 0 Å². The molecule has 0 fully saturated rings. The van der Waals surface area contributed by atoms with Gasteiger partial charge in [-0.2, -0.15) is 26.7 Å². The van der Waals surface area contributed by atoms with Gasteiger partial charge in [0.05, 0.1) is 23.8 Å². The molecule has 0 aliphatic rings. The van der Waals surface area contributed by atoms with E-state index >= 15 is 0 Å². The van der Waals surface area contributed by atoms with Gasteiger partial charge in [0.15, 0.2) is 0 Å². The highest BCUT2D eigenvalue weighted by Crippen LogP contribution is 2.30. The number of carbonyl (C=O) groups is 1. The predicted molar refractivity (Wildman–Crippen MR) is 114 cm³/mol. The van der Waals surface area contributed by atoms with Gasteiger partial charge in [0.2, 0.25) is 11.8 Å². The maximum atomic E-state index is 12.7. The molecule has 0 spiro atoms. The number of alkyl halides is 3. The zero-order chi connectivity index (χ0) is 24.1. The Morgan fingerprint density at radius 1 is 1.12 bits per heavy atom. The van der Waals surface area contributed by atoms with Gasteiger partial charge in [-0.3, -0.25) is 4.79 Å². The van der Waals surface area contributed by atoms with Crippen molar-refractivity contribution in [3.8, 4) is 5.88 Å². The highest BCUT2D eigenvalue weighted by atomic mass is 35.5. The van der Waals surface area contributed by atoms with Crippen molar-refractivity contribution in [1.82, 2.24) is 10.4 Å². The van der Waals surface area contributed by atoms with E-state index in [0.717, 1.165) is 18.3 Å². The van der Waals surface area contributed by atoms with Gasteiger partial charge in [-0.1, -0.05) is 23.7 Å². The summed E-state index contributed by atoms with van der Waals surface area (Å²) in [7, 11) is -4.48. The quantitative estimate of drug-likeness (QED) is 0.299. The molecule has 1 aromatic heterocycles. The third-order valence-electron chi connectivity index (χ3n) is 4.11. The van der Waals surface area contributed by atoms with Crippen molar-refractivity contribution in [2.24, 2.45) is 5.10 Å². The molecule has 0 unspecified atom stereocenters. The van der Waals surface area contributed by atoms with Crippen LogP contribution in [0, 0.1) is 0 Å². The van der Waals surface area contributed by atoms with Crippen LogP contribution >= 0.6 is 11.6 Å². The first kappa shape index (κ1) is 24.2. The molecule has 1 amide bonds. The molecule has 0 atom stereocenters. The van der Waals surface area contributed by atoms with Crippen LogP contribution in [0.1, 0.15) is 16.7 Å². The molecule has 7 nitrogen and oxygen atoms in total. The predicted octanol–water partition coefficient (Wildman–Crippen LogP) is 4.21. The summed E-state index contributed by atoms with van der Waals surface area (Å²) in [4.78, 5) is 15.4. The zero-order valence-electron chi connectivity index (χ0n) is 16.6. The van der Waals surface area contributed by atoms with Crippen LogP contribution in [-0.2, 0) is 27.5 Å². The topological polar surface area (TPSA) is 97.7 Å². The molecule has 0 bridgehead atoms. The van der Waals surface area contributed by atoms with E-state index in [1.165, 1.54) is 18.3 Å².